The summed E-state index contributed by atoms with van der Waals surface area (Å²) in [6, 6.07) is 0. The Morgan fingerprint density at radius 1 is 1.62 bits per heavy atom. The molecule has 0 amide bonds. The van der Waals surface area contributed by atoms with Crippen LogP contribution in [0.25, 0.3) is 0 Å². The van der Waals surface area contributed by atoms with E-state index in [-0.39, 0.29) is 57.8 Å². The van der Waals surface area contributed by atoms with E-state index >= 15 is 0 Å². The second-order valence-corrected chi connectivity index (χ2v) is 1.48. The first-order chi connectivity index (χ1) is 3.27. The van der Waals surface area contributed by atoms with Crippen LogP contribution in [0.15, 0.2) is 0 Å². The molecule has 3 heteroatoms. The molecule has 42 valence electrons. The zero-order chi connectivity index (χ0) is 5.70. The summed E-state index contributed by atoms with van der Waals surface area (Å²) >= 11 is 0. The van der Waals surface area contributed by atoms with Crippen molar-refractivity contribution < 1.29 is 61.3 Å². The molecule has 0 radical (unpaired) electrons. The number of carbonyl (C=O) groups is 1. The van der Waals surface area contributed by atoms with Crippen molar-refractivity contribution in [2.45, 2.75) is 26.2 Å². The summed E-state index contributed by atoms with van der Waals surface area (Å²) in [5, 5.41) is 9.65. The Labute approximate surface area is 92.1 Å². The third-order valence-electron chi connectivity index (χ3n) is 0.734. The summed E-state index contributed by atoms with van der Waals surface area (Å²) in [5.41, 5.74) is 0. The first-order valence-corrected chi connectivity index (χ1v) is 2.47. The van der Waals surface area contributed by atoms with Crippen molar-refractivity contribution in [3.8, 4) is 0 Å². The normalized spacial score (nSPS) is 7.62. The number of carboxylic acids is 1. The van der Waals surface area contributed by atoms with Crippen molar-refractivity contribution >= 4 is 5.97 Å². The van der Waals surface area contributed by atoms with Gasteiger partial charge < -0.3 is 9.90 Å². The van der Waals surface area contributed by atoms with Crippen LogP contribution >= 0.6 is 0 Å². The second kappa shape index (κ2) is 8.11. The average Bonchev–Trinajstić information content (AvgIpc) is 1.61. The van der Waals surface area contributed by atoms with E-state index in [9.17, 15) is 9.90 Å². The molecule has 0 aliphatic rings. The number of hydrogen-bond acceptors (Lipinski definition) is 2. The first kappa shape index (κ1) is 11.8. The van der Waals surface area contributed by atoms with Crippen molar-refractivity contribution in [3.05, 3.63) is 0 Å². The fourth-order valence-corrected chi connectivity index (χ4v) is 0.321. The van der Waals surface area contributed by atoms with Crippen LogP contribution in [0.3, 0.4) is 0 Å². The molecule has 2 nitrogen and oxygen atoms in total. The minimum Gasteiger partial charge on any atom is -0.550 e. The molecule has 0 saturated heterocycles. The molecule has 0 heterocycles. The molecule has 0 bridgehead atoms. The summed E-state index contributed by atoms with van der Waals surface area (Å²) in [4.78, 5) is 9.65. The summed E-state index contributed by atoms with van der Waals surface area (Å²) in [5.74, 6) is -0.943. The zero-order valence-corrected chi connectivity index (χ0v) is 8.56. The van der Waals surface area contributed by atoms with Gasteiger partial charge in [-0.25, -0.2) is 0 Å². The van der Waals surface area contributed by atoms with Gasteiger partial charge in [-0.05, 0) is 12.8 Å². The maximum atomic E-state index is 9.65. The van der Waals surface area contributed by atoms with E-state index in [2.05, 4.69) is 0 Å². The molecule has 0 aromatic rings. The van der Waals surface area contributed by atoms with E-state index in [0.29, 0.717) is 0 Å². The second-order valence-electron chi connectivity index (χ2n) is 1.48. The molecule has 0 rings (SSSR count). The summed E-state index contributed by atoms with van der Waals surface area (Å²) in [6.45, 7) is 1.95. The van der Waals surface area contributed by atoms with Crippen LogP contribution in [0.5, 0.6) is 0 Å². The molecule has 0 aliphatic heterocycles. The predicted molar refractivity (Wildman–Crippen MR) is 24.5 cm³/mol. The topological polar surface area (TPSA) is 40.1 Å². The van der Waals surface area contributed by atoms with Gasteiger partial charge in [0.1, 0.15) is 0 Å². The van der Waals surface area contributed by atoms with Crippen LogP contribution in [0, 0.1) is 0 Å². The van der Waals surface area contributed by atoms with Crippen molar-refractivity contribution in [1.82, 2.24) is 0 Å². The molecule has 0 N–H and O–H groups in total. The molecule has 0 aromatic carbocycles. The zero-order valence-electron chi connectivity index (χ0n) is 5.44. The van der Waals surface area contributed by atoms with Crippen LogP contribution < -0.4 is 56.5 Å². The molecule has 0 unspecified atom stereocenters. The quantitative estimate of drug-likeness (QED) is 0.390. The smallest absolute Gasteiger partial charge is 0.550 e. The maximum Gasteiger partial charge on any atom is 1.00 e. The van der Waals surface area contributed by atoms with Crippen LogP contribution in [0.2, 0.25) is 0 Å². The average molecular weight is 140 g/mol. The molecule has 0 aromatic heterocycles. The standard InChI is InChI=1S/C5H10O2.K/c1-2-3-4-5(6)7;/h2-4H2,1H3,(H,6,7);/q;+1/p-1. The van der Waals surface area contributed by atoms with E-state index in [1.807, 2.05) is 6.92 Å². The Morgan fingerprint density at radius 2 is 2.12 bits per heavy atom. The first-order valence-electron chi connectivity index (χ1n) is 2.47. The number of carboxylic acid groups (broad SMARTS) is 1. The van der Waals surface area contributed by atoms with Crippen LogP contribution in [0.4, 0.5) is 0 Å². The molecular weight excluding hydrogens is 131 g/mol. The fourth-order valence-electron chi connectivity index (χ4n) is 0.321. The van der Waals surface area contributed by atoms with E-state index < -0.39 is 5.97 Å². The van der Waals surface area contributed by atoms with Gasteiger partial charge in [-0.2, -0.15) is 0 Å². The van der Waals surface area contributed by atoms with Gasteiger partial charge in [0, 0.05) is 5.97 Å². The number of aliphatic carboxylic acids is 1. The van der Waals surface area contributed by atoms with E-state index in [4.69, 9.17) is 0 Å². The third kappa shape index (κ3) is 10.2. The molecule has 0 atom stereocenters. The minimum atomic E-state index is -0.943. The van der Waals surface area contributed by atoms with Gasteiger partial charge in [0.05, 0.1) is 0 Å². The number of hydrogen-bond donors (Lipinski definition) is 0. The molecule has 0 spiro atoms. The van der Waals surface area contributed by atoms with Gasteiger partial charge >= 0.3 is 51.4 Å². The molecule has 0 fully saturated rings. The number of unbranched alkanes of at least 4 members (excludes halogenated alkanes) is 1. The van der Waals surface area contributed by atoms with Crippen molar-refractivity contribution in [1.29, 1.82) is 0 Å². The van der Waals surface area contributed by atoms with Gasteiger partial charge in [-0.3, -0.25) is 0 Å². The third-order valence-corrected chi connectivity index (χ3v) is 0.734. The summed E-state index contributed by atoms with van der Waals surface area (Å²) in [6.07, 6.45) is 1.87. The van der Waals surface area contributed by atoms with Gasteiger partial charge in [0.15, 0.2) is 0 Å². The van der Waals surface area contributed by atoms with E-state index in [1.165, 1.54) is 0 Å². The van der Waals surface area contributed by atoms with Crippen LogP contribution in [0.1, 0.15) is 26.2 Å². The Balaban J connectivity index is 0. The predicted octanol–water partition coefficient (Wildman–Crippen LogP) is -3.07. The van der Waals surface area contributed by atoms with Gasteiger partial charge in [0.25, 0.3) is 0 Å². The minimum absolute atomic E-state index is 0. The van der Waals surface area contributed by atoms with Crippen LogP contribution in [-0.2, 0) is 4.79 Å². The van der Waals surface area contributed by atoms with Crippen LogP contribution in [-0.4, -0.2) is 5.97 Å². The number of rotatable bonds is 3. The fraction of sp³-hybridized carbons (Fsp3) is 0.800. The van der Waals surface area contributed by atoms with Crippen molar-refractivity contribution in [2.24, 2.45) is 0 Å². The van der Waals surface area contributed by atoms with Gasteiger partial charge in [-0.1, -0.05) is 13.3 Å². The van der Waals surface area contributed by atoms with E-state index in [0.717, 1.165) is 12.8 Å². The number of carbonyl (C=O) groups excluding carboxylic acids is 1. The maximum absolute atomic E-state index is 9.65. The SMILES string of the molecule is CCCCC(=O)[O-].[K+]. The van der Waals surface area contributed by atoms with E-state index in [1.54, 1.807) is 0 Å². The Morgan fingerprint density at radius 3 is 2.25 bits per heavy atom. The summed E-state index contributed by atoms with van der Waals surface area (Å²) < 4.78 is 0. The largest absolute Gasteiger partial charge is 1.00 e. The molecule has 8 heavy (non-hydrogen) atoms. The Hall–Kier alpha value is 1.11. The molecular formula is C5H9KO2. The molecule has 0 saturated carbocycles. The van der Waals surface area contributed by atoms with Crippen molar-refractivity contribution in [2.75, 3.05) is 0 Å². The van der Waals surface area contributed by atoms with Gasteiger partial charge in [-0.15, -0.1) is 0 Å². The molecule has 0 aliphatic carbocycles. The van der Waals surface area contributed by atoms with Crippen molar-refractivity contribution in [3.63, 3.8) is 0 Å². The summed E-state index contributed by atoms with van der Waals surface area (Å²) in [7, 11) is 0. The monoisotopic (exact) mass is 140 g/mol. The Bertz CT molecular complexity index is 63.4. The van der Waals surface area contributed by atoms with Gasteiger partial charge in [0.2, 0.25) is 0 Å². The Kier molecular flexibility index (Phi) is 12.0.